The summed E-state index contributed by atoms with van der Waals surface area (Å²) in [7, 11) is 2.17. The maximum atomic E-state index is 9.95. The summed E-state index contributed by atoms with van der Waals surface area (Å²) in [4.78, 5) is 2.38. The van der Waals surface area contributed by atoms with Gasteiger partial charge in [0.15, 0.2) is 0 Å². The van der Waals surface area contributed by atoms with Gasteiger partial charge in [-0.15, -0.1) is 0 Å². The molecule has 1 saturated heterocycles. The Kier molecular flexibility index (Phi) is 6.49. The number of likely N-dealkylation sites (tertiary alicyclic amines) is 1. The first kappa shape index (κ1) is 16.3. The number of ether oxygens (including phenoxy) is 1. The van der Waals surface area contributed by atoms with Gasteiger partial charge < -0.3 is 20.1 Å². The average molecular weight is 292 g/mol. The quantitative estimate of drug-likeness (QED) is 0.765. The molecule has 1 aliphatic rings. The monoisotopic (exact) mass is 292 g/mol. The highest BCUT2D eigenvalue weighted by Gasteiger charge is 2.20. The Balaban J connectivity index is 1.61. The molecule has 0 radical (unpaired) electrons. The first-order chi connectivity index (χ1) is 10.2. The van der Waals surface area contributed by atoms with Crippen LogP contribution in [0.15, 0.2) is 24.3 Å². The molecule has 0 saturated carbocycles. The van der Waals surface area contributed by atoms with Crippen molar-refractivity contribution in [3.8, 4) is 5.75 Å². The molecular weight excluding hydrogens is 264 g/mol. The molecule has 0 aromatic heterocycles. The number of rotatable bonds is 8. The third-order valence-electron chi connectivity index (χ3n) is 4.21. The molecule has 21 heavy (non-hydrogen) atoms. The van der Waals surface area contributed by atoms with E-state index in [0.29, 0.717) is 19.2 Å². The van der Waals surface area contributed by atoms with Gasteiger partial charge in [0.1, 0.15) is 18.5 Å². The topological polar surface area (TPSA) is 44.7 Å². The number of nitrogens with zero attached hydrogens (tertiary/aromatic N) is 1. The van der Waals surface area contributed by atoms with E-state index in [1.807, 2.05) is 12.1 Å². The summed E-state index contributed by atoms with van der Waals surface area (Å²) >= 11 is 0. The Morgan fingerprint density at radius 1 is 1.38 bits per heavy atom. The maximum Gasteiger partial charge on any atom is 0.119 e. The van der Waals surface area contributed by atoms with E-state index in [2.05, 4.69) is 36.3 Å². The Morgan fingerprint density at radius 2 is 2.14 bits per heavy atom. The summed E-state index contributed by atoms with van der Waals surface area (Å²) in [5.41, 5.74) is 1.30. The second-order valence-corrected chi connectivity index (χ2v) is 5.90. The van der Waals surface area contributed by atoms with E-state index in [1.165, 1.54) is 24.9 Å². The van der Waals surface area contributed by atoms with Crippen molar-refractivity contribution in [1.82, 2.24) is 10.2 Å². The van der Waals surface area contributed by atoms with Gasteiger partial charge in [0.2, 0.25) is 0 Å². The summed E-state index contributed by atoms with van der Waals surface area (Å²) in [6, 6.07) is 8.67. The lowest BCUT2D eigenvalue weighted by molar-refractivity contribution is 0.105. The van der Waals surface area contributed by atoms with E-state index in [9.17, 15) is 5.11 Å². The van der Waals surface area contributed by atoms with Crippen molar-refractivity contribution in [2.75, 3.05) is 33.3 Å². The second-order valence-electron chi connectivity index (χ2n) is 5.90. The predicted molar refractivity (Wildman–Crippen MR) is 85.8 cm³/mol. The highest BCUT2D eigenvalue weighted by Crippen LogP contribution is 2.14. The van der Waals surface area contributed by atoms with Gasteiger partial charge in [-0.25, -0.2) is 0 Å². The zero-order valence-corrected chi connectivity index (χ0v) is 13.2. The van der Waals surface area contributed by atoms with Crippen LogP contribution in [0.25, 0.3) is 0 Å². The number of hydrogen-bond acceptors (Lipinski definition) is 4. The number of aryl methyl sites for hydroxylation is 1. The first-order valence-electron chi connectivity index (χ1n) is 7.99. The standard InChI is InChI=1S/C17H28N2O2/c1-3-14-6-8-17(9-7-14)21-13-16(20)12-18-11-15-5-4-10-19(15)2/h6-9,15-16,18,20H,3-5,10-13H2,1-2H3. The van der Waals surface area contributed by atoms with Gasteiger partial charge >= 0.3 is 0 Å². The minimum atomic E-state index is -0.470. The van der Waals surface area contributed by atoms with E-state index >= 15 is 0 Å². The van der Waals surface area contributed by atoms with Crippen LogP contribution in [0.5, 0.6) is 5.75 Å². The summed E-state index contributed by atoms with van der Waals surface area (Å²) in [5.74, 6) is 0.821. The van der Waals surface area contributed by atoms with Crippen LogP contribution < -0.4 is 10.1 Å². The van der Waals surface area contributed by atoms with Gasteiger partial charge in [-0.3, -0.25) is 0 Å². The molecule has 4 heteroatoms. The van der Waals surface area contributed by atoms with Crippen LogP contribution >= 0.6 is 0 Å². The van der Waals surface area contributed by atoms with E-state index in [1.54, 1.807) is 0 Å². The first-order valence-corrected chi connectivity index (χ1v) is 7.99. The molecule has 0 aliphatic carbocycles. The van der Waals surface area contributed by atoms with Crippen molar-refractivity contribution < 1.29 is 9.84 Å². The van der Waals surface area contributed by atoms with Gasteiger partial charge in [-0.2, -0.15) is 0 Å². The number of nitrogens with one attached hydrogen (secondary N) is 1. The minimum Gasteiger partial charge on any atom is -0.491 e. The molecule has 0 amide bonds. The van der Waals surface area contributed by atoms with Crippen molar-refractivity contribution in [2.45, 2.75) is 38.3 Å². The normalized spacial score (nSPS) is 20.6. The van der Waals surface area contributed by atoms with E-state index in [4.69, 9.17) is 4.74 Å². The Bertz CT molecular complexity index is 408. The minimum absolute atomic E-state index is 0.332. The Morgan fingerprint density at radius 3 is 2.76 bits per heavy atom. The van der Waals surface area contributed by atoms with Crippen LogP contribution in [0, 0.1) is 0 Å². The molecule has 2 rings (SSSR count). The lowest BCUT2D eigenvalue weighted by Gasteiger charge is -2.21. The maximum absolute atomic E-state index is 9.95. The fourth-order valence-corrected chi connectivity index (χ4v) is 2.73. The highest BCUT2D eigenvalue weighted by molar-refractivity contribution is 5.27. The van der Waals surface area contributed by atoms with Gasteiger partial charge in [-0.05, 0) is 50.6 Å². The molecular formula is C17H28N2O2. The molecule has 2 unspecified atom stereocenters. The molecule has 1 heterocycles. The lowest BCUT2D eigenvalue weighted by Crippen LogP contribution is -2.39. The van der Waals surface area contributed by atoms with Crippen molar-refractivity contribution in [3.63, 3.8) is 0 Å². The molecule has 1 aromatic rings. The molecule has 4 nitrogen and oxygen atoms in total. The largest absolute Gasteiger partial charge is 0.491 e. The van der Waals surface area contributed by atoms with Crippen LogP contribution in [0.3, 0.4) is 0 Å². The number of aliphatic hydroxyl groups excluding tert-OH is 1. The number of aliphatic hydroxyl groups is 1. The van der Waals surface area contributed by atoms with Crippen LogP contribution in [-0.2, 0) is 6.42 Å². The van der Waals surface area contributed by atoms with Crippen molar-refractivity contribution >= 4 is 0 Å². The van der Waals surface area contributed by atoms with Crippen LogP contribution in [0.4, 0.5) is 0 Å². The fourth-order valence-electron chi connectivity index (χ4n) is 2.73. The third kappa shape index (κ3) is 5.30. The number of benzene rings is 1. The van der Waals surface area contributed by atoms with Crippen molar-refractivity contribution in [1.29, 1.82) is 0 Å². The molecule has 1 aliphatic heterocycles. The van der Waals surface area contributed by atoms with Crippen molar-refractivity contribution in [3.05, 3.63) is 29.8 Å². The van der Waals surface area contributed by atoms with Crippen molar-refractivity contribution in [2.24, 2.45) is 0 Å². The highest BCUT2D eigenvalue weighted by atomic mass is 16.5. The molecule has 1 aromatic carbocycles. The van der Waals surface area contributed by atoms with Crippen LogP contribution in [-0.4, -0.2) is 55.4 Å². The molecule has 2 atom stereocenters. The Hall–Kier alpha value is -1.10. The molecule has 0 spiro atoms. The summed E-state index contributed by atoms with van der Waals surface area (Å²) in [6.45, 7) is 5.17. The fraction of sp³-hybridized carbons (Fsp3) is 0.647. The smallest absolute Gasteiger partial charge is 0.119 e. The number of hydrogen-bond donors (Lipinski definition) is 2. The van der Waals surface area contributed by atoms with Gasteiger partial charge in [-0.1, -0.05) is 19.1 Å². The molecule has 0 bridgehead atoms. The van der Waals surface area contributed by atoms with Crippen LogP contribution in [0.1, 0.15) is 25.3 Å². The van der Waals surface area contributed by atoms with Gasteiger partial charge in [0.05, 0.1) is 0 Å². The predicted octanol–water partition coefficient (Wildman–Crippen LogP) is 1.67. The molecule has 2 N–H and O–H groups in total. The summed E-state index contributed by atoms with van der Waals surface area (Å²) in [5, 5.41) is 13.3. The van der Waals surface area contributed by atoms with E-state index in [0.717, 1.165) is 18.7 Å². The zero-order chi connectivity index (χ0) is 15.1. The second kappa shape index (κ2) is 8.37. The van der Waals surface area contributed by atoms with E-state index in [-0.39, 0.29) is 0 Å². The summed E-state index contributed by atoms with van der Waals surface area (Å²) < 4.78 is 5.61. The molecule has 118 valence electrons. The van der Waals surface area contributed by atoms with Gasteiger partial charge in [0.25, 0.3) is 0 Å². The SMILES string of the molecule is CCc1ccc(OCC(O)CNCC2CCCN2C)cc1. The number of likely N-dealkylation sites (N-methyl/N-ethyl adjacent to an activating group) is 1. The van der Waals surface area contributed by atoms with Crippen LogP contribution in [0.2, 0.25) is 0 Å². The third-order valence-corrected chi connectivity index (χ3v) is 4.21. The zero-order valence-electron chi connectivity index (χ0n) is 13.2. The Labute approximate surface area is 128 Å². The van der Waals surface area contributed by atoms with E-state index < -0.39 is 6.10 Å². The lowest BCUT2D eigenvalue weighted by atomic mass is 10.2. The van der Waals surface area contributed by atoms with Gasteiger partial charge in [0, 0.05) is 19.1 Å². The summed E-state index contributed by atoms with van der Waals surface area (Å²) in [6.07, 6.45) is 3.09. The molecule has 1 fully saturated rings. The average Bonchev–Trinajstić information content (AvgIpc) is 2.91.